The third kappa shape index (κ3) is 9.35. The van der Waals surface area contributed by atoms with Crippen molar-refractivity contribution in [2.45, 2.75) is 43.9 Å². The monoisotopic (exact) mass is 567 g/mol. The van der Waals surface area contributed by atoms with Crippen LogP contribution in [0.2, 0.25) is 0 Å². The van der Waals surface area contributed by atoms with Crippen molar-refractivity contribution in [2.75, 3.05) is 27.2 Å². The highest BCUT2D eigenvalue weighted by Gasteiger charge is 2.42. The molecule has 1 aromatic carbocycles. The molecule has 39 heavy (non-hydrogen) atoms. The number of aromatic nitrogens is 1. The van der Waals surface area contributed by atoms with Gasteiger partial charge in [0.15, 0.2) is 0 Å². The van der Waals surface area contributed by atoms with E-state index in [-0.39, 0.29) is 17.9 Å². The van der Waals surface area contributed by atoms with Gasteiger partial charge >= 0.3 is 24.3 Å². The van der Waals surface area contributed by atoms with Crippen LogP contribution in [0.4, 0.5) is 26.3 Å². The summed E-state index contributed by atoms with van der Waals surface area (Å²) < 4.78 is 69.4. The van der Waals surface area contributed by atoms with Crippen LogP contribution in [0, 0.1) is 5.92 Å². The minimum absolute atomic E-state index is 0.00908. The van der Waals surface area contributed by atoms with Gasteiger partial charge in [0, 0.05) is 45.2 Å². The summed E-state index contributed by atoms with van der Waals surface area (Å²) in [4.78, 5) is 39.2. The second-order valence-corrected chi connectivity index (χ2v) is 8.96. The topological polar surface area (TPSA) is 120 Å². The molecule has 1 amide bonds. The highest BCUT2D eigenvalue weighted by atomic mass is 19.4. The molecule has 4 rings (SSSR count). The predicted molar refractivity (Wildman–Crippen MR) is 124 cm³/mol. The van der Waals surface area contributed by atoms with Gasteiger partial charge in [-0.05, 0) is 25.0 Å². The minimum atomic E-state index is -5.08. The van der Waals surface area contributed by atoms with Gasteiger partial charge in [0.2, 0.25) is 5.91 Å². The number of carboxylic acids is 2. The lowest BCUT2D eigenvalue weighted by Gasteiger charge is -2.40. The maximum absolute atomic E-state index is 12.5. The first kappa shape index (κ1) is 31.8. The summed E-state index contributed by atoms with van der Waals surface area (Å²) in [5.41, 5.74) is 2.08. The summed E-state index contributed by atoms with van der Waals surface area (Å²) in [5.74, 6) is -5.31. The van der Waals surface area contributed by atoms with E-state index in [0.717, 1.165) is 49.1 Å². The SMILES string of the molecule is CN(C)C(=O)[C@H]1C[C@H]2OCC[C@H]2N(Cc2ccc3ccccc3n2)C1.O=C(O)C(F)(F)F.O=C(O)C(F)(F)F. The van der Waals surface area contributed by atoms with Gasteiger partial charge in [-0.2, -0.15) is 26.3 Å². The van der Waals surface area contributed by atoms with Crippen LogP contribution in [0.1, 0.15) is 18.5 Å². The molecule has 15 heteroatoms. The van der Waals surface area contributed by atoms with Crippen LogP contribution in [-0.4, -0.2) is 94.6 Å². The summed E-state index contributed by atoms with van der Waals surface area (Å²) in [6, 6.07) is 12.8. The number of hydrogen-bond acceptors (Lipinski definition) is 6. The Morgan fingerprint density at radius 3 is 2.10 bits per heavy atom. The summed E-state index contributed by atoms with van der Waals surface area (Å²) >= 11 is 0. The van der Waals surface area contributed by atoms with Gasteiger partial charge in [-0.1, -0.05) is 24.3 Å². The van der Waals surface area contributed by atoms with E-state index in [0.29, 0.717) is 6.04 Å². The number of halogens is 6. The van der Waals surface area contributed by atoms with Gasteiger partial charge in [-0.3, -0.25) is 14.7 Å². The molecule has 2 saturated heterocycles. The molecule has 2 N–H and O–H groups in total. The standard InChI is InChI=1S/C20H25N3O2.2C2HF3O2/c1-22(2)20(24)15-11-19-18(9-10-25-19)23(12-15)13-16-8-7-14-5-3-4-6-17(14)21-16;2*3-2(4,5)1(6)7/h3-8,15,18-19H,9-13H2,1-2H3;2*(H,6,7)/t15-,18+,19+;;/m0../s1. The Balaban J connectivity index is 0.000000317. The number of amides is 1. The molecule has 0 spiro atoms. The summed E-state index contributed by atoms with van der Waals surface area (Å²) in [7, 11) is 3.66. The molecule has 216 valence electrons. The molecule has 2 aliphatic rings. The van der Waals surface area contributed by atoms with E-state index in [1.807, 2.05) is 26.2 Å². The van der Waals surface area contributed by atoms with Crippen LogP contribution in [0.5, 0.6) is 0 Å². The number of likely N-dealkylation sites (tertiary alicyclic amines) is 1. The van der Waals surface area contributed by atoms with Gasteiger partial charge in [0.05, 0.1) is 23.2 Å². The fraction of sp³-hybridized carbons (Fsp3) is 0.500. The number of carbonyl (C=O) groups excluding carboxylic acids is 1. The van der Waals surface area contributed by atoms with Crippen LogP contribution in [-0.2, 0) is 25.7 Å². The van der Waals surface area contributed by atoms with E-state index in [1.165, 1.54) is 0 Å². The number of pyridine rings is 1. The lowest BCUT2D eigenvalue weighted by Crippen LogP contribution is -2.52. The number of piperidine rings is 1. The number of ether oxygens (including phenoxy) is 1. The number of fused-ring (bicyclic) bond motifs is 2. The second-order valence-electron chi connectivity index (χ2n) is 8.96. The Morgan fingerprint density at radius 1 is 1.00 bits per heavy atom. The quantitative estimate of drug-likeness (QED) is 0.541. The summed E-state index contributed by atoms with van der Waals surface area (Å²) in [6.45, 7) is 2.35. The van der Waals surface area contributed by atoms with Crippen molar-refractivity contribution >= 4 is 28.7 Å². The van der Waals surface area contributed by atoms with Crippen molar-refractivity contribution < 1.29 is 55.7 Å². The Hall–Kier alpha value is -3.46. The molecule has 0 unspecified atom stereocenters. The highest BCUT2D eigenvalue weighted by molar-refractivity contribution is 5.79. The summed E-state index contributed by atoms with van der Waals surface area (Å²) in [6.07, 6.45) is -8.12. The molecule has 3 heterocycles. The highest BCUT2D eigenvalue weighted by Crippen LogP contribution is 2.33. The van der Waals surface area contributed by atoms with Gasteiger partial charge < -0.3 is 19.8 Å². The number of rotatable bonds is 3. The van der Waals surface area contributed by atoms with Crippen molar-refractivity contribution in [3.8, 4) is 0 Å². The molecule has 2 aromatic rings. The molecule has 0 aliphatic carbocycles. The number of alkyl halides is 6. The first-order valence-electron chi connectivity index (χ1n) is 11.5. The molecule has 0 radical (unpaired) electrons. The van der Waals surface area contributed by atoms with E-state index >= 15 is 0 Å². The van der Waals surface area contributed by atoms with E-state index in [1.54, 1.807) is 4.90 Å². The van der Waals surface area contributed by atoms with Crippen molar-refractivity contribution in [2.24, 2.45) is 5.92 Å². The largest absolute Gasteiger partial charge is 0.490 e. The van der Waals surface area contributed by atoms with Crippen LogP contribution in [0.3, 0.4) is 0 Å². The van der Waals surface area contributed by atoms with Crippen molar-refractivity contribution in [1.82, 2.24) is 14.8 Å². The number of benzene rings is 1. The van der Waals surface area contributed by atoms with E-state index in [2.05, 4.69) is 29.2 Å². The van der Waals surface area contributed by atoms with E-state index < -0.39 is 24.3 Å². The Morgan fingerprint density at radius 2 is 1.56 bits per heavy atom. The zero-order chi connectivity index (χ0) is 29.5. The normalized spacial score (nSPS) is 21.1. The molecule has 1 aromatic heterocycles. The zero-order valence-corrected chi connectivity index (χ0v) is 20.9. The number of hydrogen-bond donors (Lipinski definition) is 2. The Bertz CT molecular complexity index is 1130. The van der Waals surface area contributed by atoms with Crippen LogP contribution < -0.4 is 0 Å². The average Bonchev–Trinajstić information content (AvgIpc) is 3.32. The molecule has 2 aliphatic heterocycles. The predicted octanol–water partition coefficient (Wildman–Crippen LogP) is 3.57. The smallest absolute Gasteiger partial charge is 0.475 e. The number of carboxylic acid groups (broad SMARTS) is 2. The molecule has 9 nitrogen and oxygen atoms in total. The minimum Gasteiger partial charge on any atom is -0.475 e. The van der Waals surface area contributed by atoms with Crippen LogP contribution in [0.25, 0.3) is 10.9 Å². The zero-order valence-electron chi connectivity index (χ0n) is 20.9. The second kappa shape index (κ2) is 13.1. The van der Waals surface area contributed by atoms with E-state index in [4.69, 9.17) is 29.5 Å². The fourth-order valence-electron chi connectivity index (χ4n) is 4.18. The molecular formula is C24H27F6N3O6. The van der Waals surface area contributed by atoms with Crippen LogP contribution in [0.15, 0.2) is 36.4 Å². The third-order valence-electron chi connectivity index (χ3n) is 5.91. The maximum atomic E-state index is 12.5. The molecule has 0 bridgehead atoms. The Kier molecular flexibility index (Phi) is 10.6. The first-order chi connectivity index (χ1) is 18.0. The fourth-order valence-corrected chi connectivity index (χ4v) is 4.18. The lowest BCUT2D eigenvalue weighted by atomic mass is 9.89. The molecule has 3 atom stereocenters. The first-order valence-corrected chi connectivity index (χ1v) is 11.5. The number of carbonyl (C=O) groups is 3. The summed E-state index contributed by atoms with van der Waals surface area (Å²) in [5, 5.41) is 15.4. The van der Waals surface area contributed by atoms with E-state index in [9.17, 15) is 31.1 Å². The average molecular weight is 567 g/mol. The number of para-hydroxylation sites is 1. The van der Waals surface area contributed by atoms with Gasteiger partial charge in [0.1, 0.15) is 0 Å². The third-order valence-corrected chi connectivity index (χ3v) is 5.91. The van der Waals surface area contributed by atoms with Crippen LogP contribution >= 0.6 is 0 Å². The van der Waals surface area contributed by atoms with Gasteiger partial charge in [-0.25, -0.2) is 9.59 Å². The maximum Gasteiger partial charge on any atom is 0.490 e. The van der Waals surface area contributed by atoms with Gasteiger partial charge in [0.25, 0.3) is 0 Å². The van der Waals surface area contributed by atoms with Crippen molar-refractivity contribution in [3.63, 3.8) is 0 Å². The molecular weight excluding hydrogens is 540 g/mol. The Labute approximate surface area is 219 Å². The number of aliphatic carboxylic acids is 2. The molecule has 0 saturated carbocycles. The van der Waals surface area contributed by atoms with Gasteiger partial charge in [-0.15, -0.1) is 0 Å². The lowest BCUT2D eigenvalue weighted by molar-refractivity contribution is -0.193. The van der Waals surface area contributed by atoms with Crippen molar-refractivity contribution in [1.29, 1.82) is 0 Å². The molecule has 2 fully saturated rings. The van der Waals surface area contributed by atoms with Crippen molar-refractivity contribution in [3.05, 3.63) is 42.1 Å². The number of nitrogens with zero attached hydrogens (tertiary/aromatic N) is 3.